The Hall–Kier alpha value is -4.25. The minimum atomic E-state index is -2.97. The van der Waals surface area contributed by atoms with E-state index in [-0.39, 0.29) is 13.2 Å². The van der Waals surface area contributed by atoms with Crippen LogP contribution >= 0.6 is 0 Å². The predicted molar refractivity (Wildman–Crippen MR) is 136 cm³/mol. The van der Waals surface area contributed by atoms with Crippen molar-refractivity contribution in [3.63, 3.8) is 0 Å². The van der Waals surface area contributed by atoms with Crippen molar-refractivity contribution in [1.29, 1.82) is 0 Å². The number of hydrogen-bond acceptors (Lipinski definition) is 9. The fraction of sp³-hybridized carbons (Fsp3) is 0.200. The van der Waals surface area contributed by atoms with E-state index in [0.29, 0.717) is 27.7 Å². The second-order valence-electron chi connectivity index (χ2n) is 7.63. The maximum absolute atomic E-state index is 13.0. The molecular formula is C25H25N5O5S. The molecule has 0 saturated heterocycles. The zero-order valence-electron chi connectivity index (χ0n) is 20.0. The summed E-state index contributed by atoms with van der Waals surface area (Å²) in [6, 6.07) is 14.2. The molecule has 0 aliphatic rings. The maximum atomic E-state index is 13.0. The summed E-state index contributed by atoms with van der Waals surface area (Å²) in [6.07, 6.45) is 5.39. The van der Waals surface area contributed by atoms with Gasteiger partial charge in [-0.05, 0) is 42.8 Å². The van der Waals surface area contributed by atoms with E-state index in [0.717, 1.165) is 16.6 Å². The fourth-order valence-corrected chi connectivity index (χ4v) is 4.53. The van der Waals surface area contributed by atoms with E-state index in [1.165, 1.54) is 12.6 Å². The number of fused-ring (bicyclic) bond motifs is 1. The average Bonchev–Trinajstić information content (AvgIpc) is 2.88. The summed E-state index contributed by atoms with van der Waals surface area (Å²) in [5.74, 6) is 1.60. The van der Waals surface area contributed by atoms with Crippen molar-refractivity contribution >= 4 is 38.2 Å². The number of carbonyl (C=O) groups is 1. The van der Waals surface area contributed by atoms with Gasteiger partial charge in [0.25, 0.3) is 0 Å². The van der Waals surface area contributed by atoms with Crippen LogP contribution in [0.15, 0.2) is 76.5 Å². The minimum absolute atomic E-state index is 0.158. The van der Waals surface area contributed by atoms with Crippen LogP contribution in [0.4, 0.5) is 16.3 Å². The van der Waals surface area contributed by atoms with Gasteiger partial charge in [0.05, 0.1) is 29.0 Å². The van der Waals surface area contributed by atoms with E-state index in [4.69, 9.17) is 14.2 Å². The molecule has 1 N–H and O–H groups in total. The minimum Gasteiger partial charge on any atom is -0.493 e. The van der Waals surface area contributed by atoms with E-state index in [1.54, 1.807) is 50.7 Å². The number of ether oxygens (including phenoxy) is 3. The molecule has 11 heteroatoms. The Balaban J connectivity index is 1.58. The molecule has 2 heterocycles. The Kier molecular flexibility index (Phi) is 7.59. The van der Waals surface area contributed by atoms with Gasteiger partial charge in [-0.2, -0.15) is 0 Å². The number of methoxy groups -OCH3 is 1. The van der Waals surface area contributed by atoms with Crippen molar-refractivity contribution in [3.05, 3.63) is 72.8 Å². The van der Waals surface area contributed by atoms with Crippen molar-refractivity contribution in [1.82, 2.24) is 15.0 Å². The number of aromatic nitrogens is 3. The highest BCUT2D eigenvalue weighted by Gasteiger charge is 2.14. The lowest BCUT2D eigenvalue weighted by Crippen LogP contribution is -2.06. The first kappa shape index (κ1) is 24.9. The Morgan fingerprint density at radius 3 is 2.64 bits per heavy atom. The average molecular weight is 508 g/mol. The van der Waals surface area contributed by atoms with Gasteiger partial charge in [0.1, 0.15) is 18.8 Å². The standard InChI is InChI=1S/C25H25N5O5S/c1-4-34-25(31)30-36(3,32)19-7-5-6-17(12-19)15-35-23-14-21-20(13-22(23)33-2)24(28-16-27-21)29-18-8-10-26-11-9-18/h5-14,16H,4,15H2,1-3H3,(H,26,27,28,29). The second kappa shape index (κ2) is 11.0. The molecule has 0 aliphatic heterocycles. The first-order chi connectivity index (χ1) is 17.4. The van der Waals surface area contributed by atoms with Crippen molar-refractivity contribution in [2.75, 3.05) is 25.3 Å². The molecule has 0 bridgehead atoms. The molecule has 0 aliphatic carbocycles. The van der Waals surface area contributed by atoms with E-state index in [2.05, 4.69) is 24.6 Å². The summed E-state index contributed by atoms with van der Waals surface area (Å²) in [5, 5.41) is 4.02. The van der Waals surface area contributed by atoms with Gasteiger partial charge >= 0.3 is 6.09 Å². The van der Waals surface area contributed by atoms with Gasteiger partial charge in [-0.3, -0.25) is 4.98 Å². The topological polar surface area (TPSA) is 125 Å². The Labute approximate surface area is 208 Å². The van der Waals surface area contributed by atoms with Crippen molar-refractivity contribution in [2.24, 2.45) is 4.36 Å². The zero-order chi connectivity index (χ0) is 25.5. The Morgan fingerprint density at radius 2 is 1.89 bits per heavy atom. The molecule has 186 valence electrons. The summed E-state index contributed by atoms with van der Waals surface area (Å²) in [6.45, 7) is 1.98. The molecule has 10 nitrogen and oxygen atoms in total. The number of benzene rings is 2. The molecule has 2 aromatic heterocycles. The number of hydrogen-bond donors (Lipinski definition) is 1. The summed E-state index contributed by atoms with van der Waals surface area (Å²) in [5.41, 5.74) is 2.24. The molecule has 1 atom stereocenters. The van der Waals surface area contributed by atoms with E-state index in [9.17, 15) is 9.00 Å². The lowest BCUT2D eigenvalue weighted by atomic mass is 10.2. The third kappa shape index (κ3) is 5.87. The van der Waals surface area contributed by atoms with Crippen LogP contribution in [0.3, 0.4) is 0 Å². The number of pyridine rings is 1. The molecule has 4 rings (SSSR count). The molecule has 1 unspecified atom stereocenters. The summed E-state index contributed by atoms with van der Waals surface area (Å²) >= 11 is 0. The third-order valence-corrected chi connectivity index (χ3v) is 6.74. The van der Waals surface area contributed by atoms with Crippen LogP contribution < -0.4 is 14.8 Å². The molecule has 0 saturated carbocycles. The number of amides is 1. The molecular weight excluding hydrogens is 482 g/mol. The Morgan fingerprint density at radius 1 is 1.08 bits per heavy atom. The van der Waals surface area contributed by atoms with Gasteiger partial charge in [-0.15, -0.1) is 4.36 Å². The van der Waals surface area contributed by atoms with Crippen LogP contribution in [0.2, 0.25) is 0 Å². The molecule has 0 spiro atoms. The van der Waals surface area contributed by atoms with Crippen LogP contribution in [0.5, 0.6) is 11.5 Å². The largest absolute Gasteiger partial charge is 0.493 e. The van der Waals surface area contributed by atoms with Crippen molar-refractivity contribution < 1.29 is 23.2 Å². The lowest BCUT2D eigenvalue weighted by molar-refractivity contribution is 0.164. The molecule has 36 heavy (non-hydrogen) atoms. The van der Waals surface area contributed by atoms with Gasteiger partial charge in [-0.25, -0.2) is 19.0 Å². The van der Waals surface area contributed by atoms with Crippen LogP contribution in [0, 0.1) is 0 Å². The second-order valence-corrected chi connectivity index (χ2v) is 9.89. The first-order valence-electron chi connectivity index (χ1n) is 11.0. The van der Waals surface area contributed by atoms with Gasteiger partial charge in [0, 0.05) is 40.7 Å². The molecule has 0 fully saturated rings. The summed E-state index contributed by atoms with van der Waals surface area (Å²) < 4.78 is 33.1. The van der Waals surface area contributed by atoms with Crippen LogP contribution in [0.1, 0.15) is 12.5 Å². The fourth-order valence-electron chi connectivity index (χ4n) is 3.38. The lowest BCUT2D eigenvalue weighted by Gasteiger charge is -2.14. The van der Waals surface area contributed by atoms with Gasteiger partial charge in [0.15, 0.2) is 11.5 Å². The Bertz CT molecular complexity index is 1500. The molecule has 0 radical (unpaired) electrons. The van der Waals surface area contributed by atoms with Gasteiger partial charge in [-0.1, -0.05) is 12.1 Å². The highest BCUT2D eigenvalue weighted by Crippen LogP contribution is 2.35. The summed E-state index contributed by atoms with van der Waals surface area (Å²) in [7, 11) is -1.41. The van der Waals surface area contributed by atoms with Crippen LogP contribution in [-0.2, 0) is 21.1 Å². The quantitative estimate of drug-likeness (QED) is 0.352. The molecule has 1 amide bonds. The first-order valence-corrected chi connectivity index (χ1v) is 12.9. The normalized spacial score (nSPS) is 12.4. The number of anilines is 2. The number of rotatable bonds is 8. The number of nitrogens with zero attached hydrogens (tertiary/aromatic N) is 4. The summed E-state index contributed by atoms with van der Waals surface area (Å²) in [4.78, 5) is 24.9. The van der Waals surface area contributed by atoms with Crippen LogP contribution in [-0.4, -0.2) is 45.2 Å². The predicted octanol–water partition coefficient (Wildman–Crippen LogP) is 4.97. The molecule has 2 aromatic carbocycles. The monoisotopic (exact) mass is 507 g/mol. The third-order valence-electron chi connectivity index (χ3n) is 5.11. The number of carbonyl (C=O) groups excluding carboxylic acids is 1. The van der Waals surface area contributed by atoms with Crippen molar-refractivity contribution in [3.8, 4) is 11.5 Å². The van der Waals surface area contributed by atoms with Crippen molar-refractivity contribution in [2.45, 2.75) is 18.4 Å². The maximum Gasteiger partial charge on any atom is 0.442 e. The molecule has 4 aromatic rings. The smallest absolute Gasteiger partial charge is 0.442 e. The highest BCUT2D eigenvalue weighted by atomic mass is 32.2. The van der Waals surface area contributed by atoms with Crippen LogP contribution in [0.25, 0.3) is 10.9 Å². The van der Waals surface area contributed by atoms with E-state index >= 15 is 0 Å². The van der Waals surface area contributed by atoms with E-state index < -0.39 is 15.8 Å². The van der Waals surface area contributed by atoms with Gasteiger partial charge < -0.3 is 19.5 Å². The van der Waals surface area contributed by atoms with E-state index in [1.807, 2.05) is 24.3 Å². The zero-order valence-corrected chi connectivity index (χ0v) is 20.8. The highest BCUT2D eigenvalue weighted by molar-refractivity contribution is 7.93. The SMILES string of the molecule is CCOC(=O)N=S(C)(=O)c1cccc(COc2cc3ncnc(Nc4ccncc4)c3cc2OC)c1. The van der Waals surface area contributed by atoms with Gasteiger partial charge in [0.2, 0.25) is 0 Å². The number of nitrogens with one attached hydrogen (secondary N) is 1.